The zero-order valence-electron chi connectivity index (χ0n) is 12.1. The molecule has 0 atom stereocenters. The number of carbonyl (C=O) groups is 1. The van der Waals surface area contributed by atoms with Crippen LogP contribution < -0.4 is 16.0 Å². The van der Waals surface area contributed by atoms with Gasteiger partial charge in [0, 0.05) is 32.1 Å². The molecule has 3 N–H and O–H groups in total. The van der Waals surface area contributed by atoms with Crippen molar-refractivity contribution in [3.05, 3.63) is 11.9 Å². The minimum absolute atomic E-state index is 0.0260. The Morgan fingerprint density at radius 3 is 2.37 bits per heavy atom. The first-order valence-corrected chi connectivity index (χ1v) is 6.63. The fraction of sp³-hybridized carbons (Fsp3) is 0.615. The van der Waals surface area contributed by atoms with E-state index in [0.717, 1.165) is 23.7 Å². The second-order valence-corrected chi connectivity index (χ2v) is 4.58. The molecule has 0 saturated carbocycles. The lowest BCUT2D eigenvalue weighted by Crippen LogP contribution is -2.27. The van der Waals surface area contributed by atoms with Gasteiger partial charge < -0.3 is 16.0 Å². The quantitative estimate of drug-likeness (QED) is 0.652. The van der Waals surface area contributed by atoms with Crippen LogP contribution in [-0.4, -0.2) is 35.5 Å². The van der Waals surface area contributed by atoms with Gasteiger partial charge in [0.05, 0.1) is 0 Å². The van der Waals surface area contributed by atoms with Gasteiger partial charge in [-0.1, -0.05) is 13.8 Å². The average Bonchev–Trinajstić information content (AvgIpc) is 2.34. The van der Waals surface area contributed by atoms with Crippen molar-refractivity contribution in [2.75, 3.05) is 30.3 Å². The van der Waals surface area contributed by atoms with Crippen molar-refractivity contribution in [3.63, 3.8) is 0 Å². The number of nitrogens with zero attached hydrogens (tertiary/aromatic N) is 2. The van der Waals surface area contributed by atoms with E-state index in [-0.39, 0.29) is 5.91 Å². The van der Waals surface area contributed by atoms with Crippen LogP contribution in [0.2, 0.25) is 0 Å². The SMILES string of the molecule is CCNc1ncnc(NCCNC(C)=O)c1C(C)C. The van der Waals surface area contributed by atoms with Gasteiger partial charge in [0.15, 0.2) is 0 Å². The fourth-order valence-electron chi connectivity index (χ4n) is 1.81. The third kappa shape index (κ3) is 4.73. The molecule has 1 aromatic heterocycles. The van der Waals surface area contributed by atoms with Crippen molar-refractivity contribution in [1.29, 1.82) is 0 Å². The zero-order valence-corrected chi connectivity index (χ0v) is 12.1. The van der Waals surface area contributed by atoms with Crippen LogP contribution >= 0.6 is 0 Å². The molecule has 0 radical (unpaired) electrons. The molecule has 1 heterocycles. The molecular weight excluding hydrogens is 242 g/mol. The van der Waals surface area contributed by atoms with Gasteiger partial charge >= 0.3 is 0 Å². The Hall–Kier alpha value is -1.85. The molecule has 0 spiro atoms. The zero-order chi connectivity index (χ0) is 14.3. The first kappa shape index (κ1) is 15.2. The van der Waals surface area contributed by atoms with Crippen molar-refractivity contribution >= 4 is 17.5 Å². The summed E-state index contributed by atoms with van der Waals surface area (Å²) in [6.07, 6.45) is 1.55. The molecule has 0 aromatic carbocycles. The second kappa shape index (κ2) is 7.56. The van der Waals surface area contributed by atoms with Gasteiger partial charge in [0.2, 0.25) is 5.91 Å². The molecule has 6 heteroatoms. The lowest BCUT2D eigenvalue weighted by Gasteiger charge is -2.17. The monoisotopic (exact) mass is 265 g/mol. The second-order valence-electron chi connectivity index (χ2n) is 4.58. The summed E-state index contributed by atoms with van der Waals surface area (Å²) >= 11 is 0. The Morgan fingerprint density at radius 1 is 1.21 bits per heavy atom. The predicted octanol–water partition coefficient (Wildman–Crippen LogP) is 1.58. The number of nitrogens with one attached hydrogen (secondary N) is 3. The third-order valence-electron chi connectivity index (χ3n) is 2.60. The van der Waals surface area contributed by atoms with Crippen LogP contribution in [0.15, 0.2) is 6.33 Å². The average molecular weight is 265 g/mol. The molecule has 19 heavy (non-hydrogen) atoms. The standard InChI is InChI=1S/C13H23N5O/c1-5-14-12-11(9(2)3)13(18-8-17-12)16-7-6-15-10(4)19/h8-9H,5-7H2,1-4H3,(H,15,19)(H2,14,16,17,18). The molecular formula is C13H23N5O. The highest BCUT2D eigenvalue weighted by atomic mass is 16.1. The molecule has 0 aliphatic heterocycles. The maximum Gasteiger partial charge on any atom is 0.216 e. The summed E-state index contributed by atoms with van der Waals surface area (Å²) in [6, 6.07) is 0. The van der Waals surface area contributed by atoms with Crippen LogP contribution in [0.4, 0.5) is 11.6 Å². The lowest BCUT2D eigenvalue weighted by atomic mass is 10.0. The van der Waals surface area contributed by atoms with Gasteiger partial charge in [-0.25, -0.2) is 9.97 Å². The number of carbonyl (C=O) groups excluding carboxylic acids is 1. The third-order valence-corrected chi connectivity index (χ3v) is 2.60. The number of anilines is 2. The molecule has 1 rings (SSSR count). The highest BCUT2D eigenvalue weighted by Gasteiger charge is 2.14. The Bertz CT molecular complexity index is 419. The Labute approximate surface area is 114 Å². The van der Waals surface area contributed by atoms with E-state index in [0.29, 0.717) is 19.0 Å². The Kier molecular flexibility index (Phi) is 6.05. The van der Waals surface area contributed by atoms with Crippen LogP contribution in [0, 0.1) is 0 Å². The minimum Gasteiger partial charge on any atom is -0.370 e. The van der Waals surface area contributed by atoms with Crippen LogP contribution in [0.1, 0.15) is 39.2 Å². The van der Waals surface area contributed by atoms with E-state index in [4.69, 9.17) is 0 Å². The first-order chi connectivity index (χ1) is 9.06. The highest BCUT2D eigenvalue weighted by Crippen LogP contribution is 2.27. The summed E-state index contributed by atoms with van der Waals surface area (Å²) in [5, 5.41) is 9.23. The van der Waals surface area contributed by atoms with Gasteiger partial charge in [-0.05, 0) is 12.8 Å². The first-order valence-electron chi connectivity index (χ1n) is 6.63. The number of aromatic nitrogens is 2. The number of hydrogen-bond donors (Lipinski definition) is 3. The minimum atomic E-state index is -0.0260. The van der Waals surface area contributed by atoms with E-state index in [9.17, 15) is 4.79 Å². The van der Waals surface area contributed by atoms with Gasteiger partial charge in [-0.15, -0.1) is 0 Å². The molecule has 6 nitrogen and oxygen atoms in total. The molecule has 106 valence electrons. The summed E-state index contributed by atoms with van der Waals surface area (Å²) in [6.45, 7) is 9.80. The maximum absolute atomic E-state index is 10.8. The molecule has 0 fully saturated rings. The van der Waals surface area contributed by atoms with Crippen LogP contribution in [0.3, 0.4) is 0 Å². The largest absolute Gasteiger partial charge is 0.370 e. The summed E-state index contributed by atoms with van der Waals surface area (Å²) in [7, 11) is 0. The van der Waals surface area contributed by atoms with Crippen LogP contribution in [0.5, 0.6) is 0 Å². The molecule has 0 bridgehead atoms. The van der Waals surface area contributed by atoms with E-state index < -0.39 is 0 Å². The Morgan fingerprint density at radius 2 is 1.84 bits per heavy atom. The van der Waals surface area contributed by atoms with Crippen molar-refractivity contribution in [1.82, 2.24) is 15.3 Å². The van der Waals surface area contributed by atoms with Gasteiger partial charge in [0.25, 0.3) is 0 Å². The Balaban J connectivity index is 2.75. The molecule has 0 unspecified atom stereocenters. The molecule has 1 aromatic rings. The van der Waals surface area contributed by atoms with Gasteiger partial charge in [-0.3, -0.25) is 4.79 Å². The molecule has 0 aliphatic rings. The van der Waals surface area contributed by atoms with Crippen molar-refractivity contribution in [2.45, 2.75) is 33.6 Å². The van der Waals surface area contributed by atoms with E-state index in [1.54, 1.807) is 6.33 Å². The molecule has 0 aliphatic carbocycles. The molecule has 1 amide bonds. The summed E-state index contributed by atoms with van der Waals surface area (Å²) in [5.74, 6) is 1.99. The van der Waals surface area contributed by atoms with Gasteiger partial charge in [-0.2, -0.15) is 0 Å². The smallest absolute Gasteiger partial charge is 0.216 e. The summed E-state index contributed by atoms with van der Waals surface area (Å²) < 4.78 is 0. The van der Waals surface area contributed by atoms with Crippen molar-refractivity contribution < 1.29 is 4.79 Å². The highest BCUT2D eigenvalue weighted by molar-refractivity contribution is 5.72. The number of amides is 1. The summed E-state index contributed by atoms with van der Waals surface area (Å²) in [4.78, 5) is 19.4. The number of rotatable bonds is 7. The summed E-state index contributed by atoms with van der Waals surface area (Å²) in [5.41, 5.74) is 1.08. The number of hydrogen-bond acceptors (Lipinski definition) is 5. The van der Waals surface area contributed by atoms with Crippen LogP contribution in [-0.2, 0) is 4.79 Å². The molecule has 0 saturated heterocycles. The van der Waals surface area contributed by atoms with E-state index >= 15 is 0 Å². The maximum atomic E-state index is 10.8. The lowest BCUT2D eigenvalue weighted by molar-refractivity contribution is -0.118. The predicted molar refractivity (Wildman–Crippen MR) is 77.5 cm³/mol. The van der Waals surface area contributed by atoms with Gasteiger partial charge in [0.1, 0.15) is 18.0 Å². The normalized spacial score (nSPS) is 10.4. The van der Waals surface area contributed by atoms with E-state index in [2.05, 4.69) is 39.8 Å². The van der Waals surface area contributed by atoms with Crippen LogP contribution in [0.25, 0.3) is 0 Å². The van der Waals surface area contributed by atoms with Crippen molar-refractivity contribution in [2.24, 2.45) is 0 Å². The van der Waals surface area contributed by atoms with E-state index in [1.165, 1.54) is 6.92 Å². The fourth-order valence-corrected chi connectivity index (χ4v) is 1.81. The van der Waals surface area contributed by atoms with Crippen molar-refractivity contribution in [3.8, 4) is 0 Å². The topological polar surface area (TPSA) is 78.9 Å². The van der Waals surface area contributed by atoms with E-state index in [1.807, 2.05) is 6.92 Å².